The SMILES string of the molecule is O=[N+]([O-])c1cc(S(=O)(=O)C(F)F)ccc1N1C2CCC1CC(O)C2. The molecule has 2 aliphatic heterocycles. The molecule has 10 heteroatoms. The molecule has 2 aliphatic rings. The molecule has 1 aromatic rings. The molecule has 1 aromatic carbocycles. The van der Waals surface area contributed by atoms with Gasteiger partial charge in [-0.2, -0.15) is 8.78 Å². The number of anilines is 1. The van der Waals surface area contributed by atoms with Crippen LogP contribution in [-0.4, -0.2) is 42.4 Å². The van der Waals surface area contributed by atoms with Gasteiger partial charge in [0.15, 0.2) is 0 Å². The van der Waals surface area contributed by atoms with E-state index in [4.69, 9.17) is 0 Å². The molecule has 2 atom stereocenters. The summed E-state index contributed by atoms with van der Waals surface area (Å²) in [5.74, 6) is -3.63. The summed E-state index contributed by atoms with van der Waals surface area (Å²) < 4.78 is 48.5. The molecule has 2 heterocycles. The number of sulfone groups is 1. The summed E-state index contributed by atoms with van der Waals surface area (Å²) in [7, 11) is -4.90. The number of rotatable bonds is 4. The van der Waals surface area contributed by atoms with Gasteiger partial charge in [-0.05, 0) is 37.8 Å². The van der Waals surface area contributed by atoms with Gasteiger partial charge in [-0.25, -0.2) is 8.42 Å². The van der Waals surface area contributed by atoms with E-state index in [0.29, 0.717) is 18.9 Å². The van der Waals surface area contributed by atoms with Crippen molar-refractivity contribution in [2.24, 2.45) is 0 Å². The van der Waals surface area contributed by atoms with Crippen LogP contribution in [0.25, 0.3) is 0 Å². The van der Waals surface area contributed by atoms with Crippen LogP contribution in [0.3, 0.4) is 0 Å². The highest BCUT2D eigenvalue weighted by Crippen LogP contribution is 2.43. The van der Waals surface area contributed by atoms with E-state index in [1.54, 1.807) is 0 Å². The zero-order chi connectivity index (χ0) is 17.6. The Bertz CT molecular complexity index is 756. The third-order valence-corrected chi connectivity index (χ3v) is 6.07. The summed E-state index contributed by atoms with van der Waals surface area (Å²) in [6.07, 6.45) is 2.04. The first-order valence-electron chi connectivity index (χ1n) is 7.48. The fraction of sp³-hybridized carbons (Fsp3) is 0.571. The monoisotopic (exact) mass is 362 g/mol. The minimum atomic E-state index is -4.90. The third-order valence-electron chi connectivity index (χ3n) is 4.69. The van der Waals surface area contributed by atoms with E-state index >= 15 is 0 Å². The molecule has 2 fully saturated rings. The first-order valence-corrected chi connectivity index (χ1v) is 9.03. The van der Waals surface area contributed by atoms with Crippen LogP contribution in [0.4, 0.5) is 20.2 Å². The van der Waals surface area contributed by atoms with Crippen molar-refractivity contribution in [2.75, 3.05) is 4.90 Å². The second-order valence-electron chi connectivity index (χ2n) is 6.13. The Balaban J connectivity index is 2.05. The topological polar surface area (TPSA) is 101 Å². The lowest BCUT2D eigenvalue weighted by atomic mass is 9.98. The minimum absolute atomic E-state index is 0.0741. The minimum Gasteiger partial charge on any atom is -0.393 e. The lowest BCUT2D eigenvalue weighted by molar-refractivity contribution is -0.384. The normalized spacial score (nSPS) is 26.8. The molecule has 132 valence electrons. The molecule has 7 nitrogen and oxygen atoms in total. The van der Waals surface area contributed by atoms with Gasteiger partial charge < -0.3 is 10.0 Å². The van der Waals surface area contributed by atoms with Crippen LogP contribution in [0, 0.1) is 10.1 Å². The highest BCUT2D eigenvalue weighted by atomic mass is 32.2. The molecule has 1 N–H and O–H groups in total. The molecule has 0 aromatic heterocycles. The predicted molar refractivity (Wildman–Crippen MR) is 80.8 cm³/mol. The zero-order valence-electron chi connectivity index (χ0n) is 12.5. The summed E-state index contributed by atoms with van der Waals surface area (Å²) in [6.45, 7) is 0. The molecule has 0 saturated carbocycles. The summed E-state index contributed by atoms with van der Waals surface area (Å²) in [5.41, 5.74) is -0.294. The van der Waals surface area contributed by atoms with Gasteiger partial charge in [0.2, 0.25) is 9.84 Å². The van der Waals surface area contributed by atoms with E-state index in [1.165, 1.54) is 6.07 Å². The van der Waals surface area contributed by atoms with Gasteiger partial charge in [0.25, 0.3) is 5.69 Å². The van der Waals surface area contributed by atoms with Crippen molar-refractivity contribution in [3.63, 3.8) is 0 Å². The number of piperidine rings is 1. The van der Waals surface area contributed by atoms with Crippen molar-refractivity contribution in [2.45, 2.75) is 54.5 Å². The number of hydrogen-bond acceptors (Lipinski definition) is 6. The Morgan fingerprint density at radius 2 is 1.83 bits per heavy atom. The fourth-order valence-corrected chi connectivity index (χ4v) is 4.43. The van der Waals surface area contributed by atoms with Crippen molar-refractivity contribution in [1.29, 1.82) is 0 Å². The number of nitro benzene ring substituents is 1. The number of alkyl halides is 2. The lowest BCUT2D eigenvalue weighted by Crippen LogP contribution is -2.45. The smallest absolute Gasteiger partial charge is 0.341 e. The molecule has 3 rings (SSSR count). The molecular formula is C14H16F2N2O5S. The molecule has 0 aliphatic carbocycles. The van der Waals surface area contributed by atoms with Crippen LogP contribution in [0.15, 0.2) is 23.1 Å². The molecule has 0 amide bonds. The van der Waals surface area contributed by atoms with Gasteiger partial charge in [0.05, 0.1) is 15.9 Å². The van der Waals surface area contributed by atoms with Crippen molar-refractivity contribution in [3.8, 4) is 0 Å². The Morgan fingerprint density at radius 1 is 1.25 bits per heavy atom. The standard InChI is InChI=1S/C14H16F2N2O5S/c15-14(16)24(22,23)11-3-4-12(13(7-11)18(20)21)17-8-1-2-9(17)6-10(19)5-8/h3-4,7-10,14,19H,1-2,5-6H2. The summed E-state index contributed by atoms with van der Waals surface area (Å²) in [5, 5.41) is 21.2. The van der Waals surface area contributed by atoms with Crippen LogP contribution in [0.5, 0.6) is 0 Å². The van der Waals surface area contributed by atoms with Crippen LogP contribution in [-0.2, 0) is 9.84 Å². The van der Waals surface area contributed by atoms with Crippen LogP contribution < -0.4 is 4.90 Å². The van der Waals surface area contributed by atoms with Gasteiger partial charge in [0, 0.05) is 18.2 Å². The first-order chi connectivity index (χ1) is 11.2. The number of aliphatic hydroxyl groups excluding tert-OH is 1. The lowest BCUT2D eigenvalue weighted by Gasteiger charge is -2.38. The number of hydrogen-bond donors (Lipinski definition) is 1. The Kier molecular flexibility index (Phi) is 4.20. The van der Waals surface area contributed by atoms with Gasteiger partial charge in [0.1, 0.15) is 5.69 Å². The fourth-order valence-electron chi connectivity index (χ4n) is 3.69. The van der Waals surface area contributed by atoms with E-state index in [-0.39, 0.29) is 17.8 Å². The molecule has 2 unspecified atom stereocenters. The zero-order valence-corrected chi connectivity index (χ0v) is 13.3. The summed E-state index contributed by atoms with van der Waals surface area (Å²) >= 11 is 0. The van der Waals surface area contributed by atoms with Gasteiger partial charge in [-0.1, -0.05) is 0 Å². The van der Waals surface area contributed by atoms with E-state index in [0.717, 1.165) is 18.9 Å². The van der Waals surface area contributed by atoms with Crippen LogP contribution >= 0.6 is 0 Å². The van der Waals surface area contributed by atoms with Crippen LogP contribution in [0.2, 0.25) is 0 Å². The largest absolute Gasteiger partial charge is 0.393 e. The summed E-state index contributed by atoms with van der Waals surface area (Å²) in [6, 6.07) is 2.75. The quantitative estimate of drug-likeness (QED) is 0.650. The average molecular weight is 362 g/mol. The van der Waals surface area contributed by atoms with E-state index in [9.17, 15) is 32.4 Å². The molecule has 0 radical (unpaired) electrons. The number of halogens is 2. The predicted octanol–water partition coefficient (Wildman–Crippen LogP) is 2.08. The molecule has 2 bridgehead atoms. The maximum Gasteiger partial charge on any atom is 0.341 e. The Labute approximate surface area is 137 Å². The number of nitrogens with zero attached hydrogens (tertiary/aromatic N) is 2. The van der Waals surface area contributed by atoms with Crippen molar-refractivity contribution >= 4 is 21.2 Å². The van der Waals surface area contributed by atoms with Crippen molar-refractivity contribution < 1.29 is 27.2 Å². The number of benzene rings is 1. The van der Waals surface area contributed by atoms with Gasteiger partial charge in [-0.15, -0.1) is 0 Å². The highest BCUT2D eigenvalue weighted by Gasteiger charge is 2.43. The second-order valence-corrected chi connectivity index (χ2v) is 8.05. The first kappa shape index (κ1) is 17.0. The summed E-state index contributed by atoms with van der Waals surface area (Å²) in [4.78, 5) is 11.7. The van der Waals surface area contributed by atoms with E-state index in [1.807, 2.05) is 4.90 Å². The molecular weight excluding hydrogens is 346 g/mol. The van der Waals surface area contributed by atoms with Crippen molar-refractivity contribution in [1.82, 2.24) is 0 Å². The maximum atomic E-state index is 12.7. The Morgan fingerprint density at radius 3 is 2.33 bits per heavy atom. The number of aliphatic hydroxyl groups is 1. The van der Waals surface area contributed by atoms with Crippen LogP contribution in [0.1, 0.15) is 25.7 Å². The van der Waals surface area contributed by atoms with E-state index in [2.05, 4.69) is 0 Å². The number of nitro groups is 1. The highest BCUT2D eigenvalue weighted by molar-refractivity contribution is 7.91. The Hall–Kier alpha value is -1.81. The number of fused-ring (bicyclic) bond motifs is 2. The van der Waals surface area contributed by atoms with E-state index < -0.39 is 37.2 Å². The van der Waals surface area contributed by atoms with Gasteiger partial charge in [-0.3, -0.25) is 10.1 Å². The van der Waals surface area contributed by atoms with Crippen molar-refractivity contribution in [3.05, 3.63) is 28.3 Å². The molecule has 2 saturated heterocycles. The maximum absolute atomic E-state index is 12.7. The third kappa shape index (κ3) is 2.73. The molecule has 0 spiro atoms. The molecule has 24 heavy (non-hydrogen) atoms. The second kappa shape index (κ2) is 5.92. The van der Waals surface area contributed by atoms with Gasteiger partial charge >= 0.3 is 5.76 Å². The average Bonchev–Trinajstić information content (AvgIpc) is 2.77.